The van der Waals surface area contributed by atoms with Crippen LogP contribution < -0.4 is 5.32 Å². The molecule has 1 aromatic carbocycles. The van der Waals surface area contributed by atoms with E-state index < -0.39 is 0 Å². The van der Waals surface area contributed by atoms with Crippen LogP contribution in [0.4, 0.5) is 0 Å². The third-order valence-corrected chi connectivity index (χ3v) is 4.92. The summed E-state index contributed by atoms with van der Waals surface area (Å²) in [4.78, 5) is 2.72. The molecule has 0 bridgehead atoms. The number of piperazine rings is 1. The predicted octanol–water partition coefficient (Wildman–Crippen LogP) is 3.36. The summed E-state index contributed by atoms with van der Waals surface area (Å²) in [7, 11) is 0. The van der Waals surface area contributed by atoms with E-state index in [0.29, 0.717) is 6.04 Å². The fraction of sp³-hybridized carbons (Fsp3) is 0.667. The molecular weight excluding hydrogens is 244 g/mol. The van der Waals surface area contributed by atoms with Crippen LogP contribution in [0.5, 0.6) is 0 Å². The Hall–Kier alpha value is -0.860. The molecule has 0 unspecified atom stereocenters. The van der Waals surface area contributed by atoms with E-state index in [2.05, 4.69) is 43.1 Å². The molecule has 0 spiro atoms. The van der Waals surface area contributed by atoms with Crippen molar-refractivity contribution in [3.8, 4) is 0 Å². The van der Waals surface area contributed by atoms with Crippen molar-refractivity contribution in [2.24, 2.45) is 5.92 Å². The molecule has 2 aliphatic rings. The first-order valence-electron chi connectivity index (χ1n) is 8.17. The van der Waals surface area contributed by atoms with Gasteiger partial charge in [0.1, 0.15) is 0 Å². The minimum absolute atomic E-state index is 0.644. The highest BCUT2D eigenvalue weighted by molar-refractivity contribution is 5.40. The Morgan fingerprint density at radius 3 is 2.25 bits per heavy atom. The third-order valence-electron chi connectivity index (χ3n) is 4.92. The Bertz CT molecular complexity index is 447. The summed E-state index contributed by atoms with van der Waals surface area (Å²) in [6.07, 6.45) is 4.27. The van der Waals surface area contributed by atoms with Crippen LogP contribution in [0.25, 0.3) is 0 Å². The molecule has 1 N–H and O–H groups in total. The Kier molecular flexibility index (Phi) is 4.13. The molecule has 1 aliphatic heterocycles. The number of aryl methyl sites for hydroxylation is 3. The molecule has 0 aromatic heterocycles. The van der Waals surface area contributed by atoms with E-state index in [1.807, 2.05) is 0 Å². The largest absolute Gasteiger partial charge is 0.314 e. The van der Waals surface area contributed by atoms with Crippen LogP contribution in [-0.2, 0) is 0 Å². The zero-order valence-electron chi connectivity index (χ0n) is 13.2. The minimum atomic E-state index is 0.644. The molecule has 1 saturated heterocycles. The fourth-order valence-corrected chi connectivity index (χ4v) is 3.83. The molecule has 110 valence electrons. The van der Waals surface area contributed by atoms with Crippen molar-refractivity contribution in [2.75, 3.05) is 26.2 Å². The molecule has 20 heavy (non-hydrogen) atoms. The number of nitrogens with one attached hydrogen (secondary N) is 1. The lowest BCUT2D eigenvalue weighted by Gasteiger charge is -2.37. The first-order chi connectivity index (χ1) is 9.65. The van der Waals surface area contributed by atoms with Crippen molar-refractivity contribution in [1.82, 2.24) is 10.2 Å². The topological polar surface area (TPSA) is 15.3 Å². The van der Waals surface area contributed by atoms with Crippen LogP contribution in [0.2, 0.25) is 0 Å². The van der Waals surface area contributed by atoms with E-state index in [1.54, 1.807) is 5.56 Å². The van der Waals surface area contributed by atoms with E-state index in [4.69, 9.17) is 0 Å². The van der Waals surface area contributed by atoms with Crippen LogP contribution in [0.1, 0.15) is 47.6 Å². The number of nitrogens with zero attached hydrogens (tertiary/aromatic N) is 1. The lowest BCUT2D eigenvalue weighted by Crippen LogP contribution is -2.45. The molecular formula is C18H28N2. The van der Waals surface area contributed by atoms with Crippen LogP contribution in [0.3, 0.4) is 0 Å². The Morgan fingerprint density at radius 1 is 1.10 bits per heavy atom. The van der Waals surface area contributed by atoms with Crippen LogP contribution in [0, 0.1) is 26.7 Å². The third kappa shape index (κ3) is 3.07. The smallest absolute Gasteiger partial charge is 0.0357 e. The molecule has 0 radical (unpaired) electrons. The van der Waals surface area contributed by atoms with Crippen LogP contribution in [-0.4, -0.2) is 31.1 Å². The van der Waals surface area contributed by atoms with Gasteiger partial charge in [0, 0.05) is 32.2 Å². The number of benzene rings is 1. The van der Waals surface area contributed by atoms with Gasteiger partial charge in [-0.05, 0) is 49.8 Å². The standard InChI is InChI=1S/C18H28N2/c1-13-10-14(2)18(15(3)11-13)17(12-16-4-5-16)20-8-6-19-7-9-20/h10-11,16-17,19H,4-9,12H2,1-3H3/t17-/m0/s1. The van der Waals surface area contributed by atoms with E-state index in [1.165, 1.54) is 49.0 Å². The van der Waals surface area contributed by atoms with Gasteiger partial charge in [0.15, 0.2) is 0 Å². The normalized spacial score (nSPS) is 21.9. The summed E-state index contributed by atoms with van der Waals surface area (Å²) < 4.78 is 0. The monoisotopic (exact) mass is 272 g/mol. The van der Waals surface area contributed by atoms with Crippen molar-refractivity contribution >= 4 is 0 Å². The van der Waals surface area contributed by atoms with E-state index in [9.17, 15) is 0 Å². The average molecular weight is 272 g/mol. The van der Waals surface area contributed by atoms with Gasteiger partial charge in [-0.15, -0.1) is 0 Å². The van der Waals surface area contributed by atoms with Crippen molar-refractivity contribution in [1.29, 1.82) is 0 Å². The maximum Gasteiger partial charge on any atom is 0.0357 e. The molecule has 0 amide bonds. The predicted molar refractivity (Wildman–Crippen MR) is 85.2 cm³/mol. The molecule has 1 aromatic rings. The zero-order chi connectivity index (χ0) is 14.1. The lowest BCUT2D eigenvalue weighted by atomic mass is 9.90. The number of rotatable bonds is 4. The molecule has 3 rings (SSSR count). The molecule has 2 nitrogen and oxygen atoms in total. The molecule has 1 aliphatic carbocycles. The summed E-state index contributed by atoms with van der Waals surface area (Å²) in [6.45, 7) is 11.5. The molecule has 1 heterocycles. The van der Waals surface area contributed by atoms with Gasteiger partial charge in [-0.25, -0.2) is 0 Å². The van der Waals surface area contributed by atoms with Gasteiger partial charge in [0.2, 0.25) is 0 Å². The Balaban J connectivity index is 1.91. The van der Waals surface area contributed by atoms with Crippen LogP contribution in [0.15, 0.2) is 12.1 Å². The first-order valence-corrected chi connectivity index (χ1v) is 8.17. The Morgan fingerprint density at radius 2 is 1.70 bits per heavy atom. The van der Waals surface area contributed by atoms with Crippen molar-refractivity contribution in [3.05, 3.63) is 34.4 Å². The summed E-state index contributed by atoms with van der Waals surface area (Å²) >= 11 is 0. The summed E-state index contributed by atoms with van der Waals surface area (Å²) in [6, 6.07) is 5.37. The summed E-state index contributed by atoms with van der Waals surface area (Å²) in [5.74, 6) is 0.981. The molecule has 1 saturated carbocycles. The molecule has 1 atom stereocenters. The summed E-state index contributed by atoms with van der Waals surface area (Å²) in [5, 5.41) is 3.49. The van der Waals surface area contributed by atoms with E-state index >= 15 is 0 Å². The second-order valence-electron chi connectivity index (χ2n) is 6.79. The van der Waals surface area contributed by atoms with Crippen molar-refractivity contribution < 1.29 is 0 Å². The van der Waals surface area contributed by atoms with Gasteiger partial charge in [0.05, 0.1) is 0 Å². The Labute approximate surface area is 123 Å². The SMILES string of the molecule is Cc1cc(C)c([C@H](CC2CC2)N2CCNCC2)c(C)c1. The minimum Gasteiger partial charge on any atom is -0.314 e. The van der Waals surface area contributed by atoms with Gasteiger partial charge < -0.3 is 5.32 Å². The second-order valence-corrected chi connectivity index (χ2v) is 6.79. The molecule has 2 fully saturated rings. The second kappa shape index (κ2) is 5.87. The highest BCUT2D eigenvalue weighted by atomic mass is 15.2. The van der Waals surface area contributed by atoms with Gasteiger partial charge in [-0.2, -0.15) is 0 Å². The quantitative estimate of drug-likeness (QED) is 0.904. The average Bonchev–Trinajstić information content (AvgIpc) is 3.21. The maximum atomic E-state index is 3.49. The van der Waals surface area contributed by atoms with Crippen LogP contribution >= 0.6 is 0 Å². The maximum absolute atomic E-state index is 3.49. The van der Waals surface area contributed by atoms with Gasteiger partial charge >= 0.3 is 0 Å². The number of hydrogen-bond acceptors (Lipinski definition) is 2. The summed E-state index contributed by atoms with van der Waals surface area (Å²) in [5.41, 5.74) is 6.00. The van der Waals surface area contributed by atoms with Gasteiger partial charge in [0.25, 0.3) is 0 Å². The van der Waals surface area contributed by atoms with Gasteiger partial charge in [-0.1, -0.05) is 30.5 Å². The first kappa shape index (κ1) is 14.1. The van der Waals surface area contributed by atoms with Crippen molar-refractivity contribution in [2.45, 2.75) is 46.1 Å². The van der Waals surface area contributed by atoms with E-state index in [0.717, 1.165) is 19.0 Å². The number of hydrogen-bond donors (Lipinski definition) is 1. The van der Waals surface area contributed by atoms with Crippen molar-refractivity contribution in [3.63, 3.8) is 0 Å². The highest BCUT2D eigenvalue weighted by Crippen LogP contribution is 2.41. The lowest BCUT2D eigenvalue weighted by molar-refractivity contribution is 0.159. The van der Waals surface area contributed by atoms with E-state index in [-0.39, 0.29) is 0 Å². The molecule has 2 heteroatoms. The highest BCUT2D eigenvalue weighted by Gasteiger charge is 2.31. The fourth-order valence-electron chi connectivity index (χ4n) is 3.83. The van der Waals surface area contributed by atoms with Gasteiger partial charge in [-0.3, -0.25) is 4.90 Å². The zero-order valence-corrected chi connectivity index (χ0v) is 13.2.